The number of nitrogens with zero attached hydrogens (tertiary/aromatic N) is 4. The lowest BCUT2D eigenvalue weighted by atomic mass is 10.00. The van der Waals surface area contributed by atoms with Gasteiger partial charge in [0.25, 0.3) is 0 Å². The lowest BCUT2D eigenvalue weighted by molar-refractivity contribution is 0.0536. The van der Waals surface area contributed by atoms with Gasteiger partial charge in [0, 0.05) is 17.2 Å². The van der Waals surface area contributed by atoms with Crippen molar-refractivity contribution in [2.45, 2.75) is 25.2 Å². The number of rotatable bonds is 4. The number of anilines is 1. The second kappa shape index (κ2) is 7.97. The molecule has 4 rings (SSSR count). The highest BCUT2D eigenvalue weighted by Crippen LogP contribution is 2.30. The van der Waals surface area contributed by atoms with E-state index >= 15 is 0 Å². The molecule has 9 heteroatoms. The SMILES string of the molecule is C[C@@]1(O)CN(C(=O)OCc2ccccc2)C[C@H]1Nc1c(C#N)cnn2cc(Br)cc12. The quantitative estimate of drug-likeness (QED) is 0.608. The van der Waals surface area contributed by atoms with E-state index in [1.54, 1.807) is 17.6 Å². The molecule has 0 bridgehead atoms. The zero-order valence-electron chi connectivity index (χ0n) is 16.2. The number of nitriles is 1. The third kappa shape index (κ3) is 3.97. The van der Waals surface area contributed by atoms with Crippen LogP contribution in [0.1, 0.15) is 18.1 Å². The lowest BCUT2D eigenvalue weighted by Crippen LogP contribution is -2.43. The van der Waals surface area contributed by atoms with Gasteiger partial charge in [-0.2, -0.15) is 10.4 Å². The van der Waals surface area contributed by atoms with Crippen LogP contribution < -0.4 is 5.32 Å². The molecule has 0 saturated carbocycles. The van der Waals surface area contributed by atoms with Crippen LogP contribution in [0, 0.1) is 11.3 Å². The Morgan fingerprint density at radius 1 is 1.47 bits per heavy atom. The number of carbonyl (C=O) groups is 1. The number of benzene rings is 1. The summed E-state index contributed by atoms with van der Waals surface area (Å²) in [6, 6.07) is 12.9. The minimum absolute atomic E-state index is 0.117. The van der Waals surface area contributed by atoms with Crippen LogP contribution in [0.2, 0.25) is 0 Å². The molecule has 154 valence electrons. The number of fused-ring (bicyclic) bond motifs is 1. The number of amides is 1. The number of halogens is 1. The predicted molar refractivity (Wildman–Crippen MR) is 114 cm³/mol. The summed E-state index contributed by atoms with van der Waals surface area (Å²) in [6.45, 7) is 2.18. The van der Waals surface area contributed by atoms with Gasteiger partial charge in [-0.05, 0) is 34.5 Å². The average Bonchev–Trinajstić information content (AvgIpc) is 3.25. The number of aliphatic hydroxyl groups is 1. The van der Waals surface area contributed by atoms with Crippen molar-refractivity contribution in [1.82, 2.24) is 14.5 Å². The molecule has 0 radical (unpaired) electrons. The molecular weight excluding hydrogens is 450 g/mol. The Morgan fingerprint density at radius 3 is 2.97 bits per heavy atom. The third-order valence-corrected chi connectivity index (χ3v) is 5.60. The van der Waals surface area contributed by atoms with Crippen molar-refractivity contribution in [1.29, 1.82) is 5.26 Å². The minimum atomic E-state index is -1.21. The van der Waals surface area contributed by atoms with Gasteiger partial charge in [0.15, 0.2) is 0 Å². The van der Waals surface area contributed by atoms with Crippen LogP contribution in [-0.2, 0) is 11.3 Å². The second-order valence-corrected chi connectivity index (χ2v) is 8.42. The summed E-state index contributed by atoms with van der Waals surface area (Å²) < 4.78 is 7.86. The van der Waals surface area contributed by atoms with Crippen molar-refractivity contribution in [3.8, 4) is 6.07 Å². The molecule has 2 aromatic heterocycles. The fourth-order valence-electron chi connectivity index (χ4n) is 3.56. The van der Waals surface area contributed by atoms with Gasteiger partial charge in [-0.3, -0.25) is 0 Å². The Hall–Kier alpha value is -3.09. The normalized spacial score (nSPS) is 20.9. The van der Waals surface area contributed by atoms with Gasteiger partial charge in [-0.15, -0.1) is 0 Å². The number of ether oxygens (including phenoxy) is 1. The van der Waals surface area contributed by atoms with Gasteiger partial charge in [-0.1, -0.05) is 30.3 Å². The zero-order chi connectivity index (χ0) is 21.3. The van der Waals surface area contributed by atoms with Crippen molar-refractivity contribution in [2.75, 3.05) is 18.4 Å². The van der Waals surface area contributed by atoms with E-state index in [9.17, 15) is 15.2 Å². The molecular formula is C21H20BrN5O3. The maximum atomic E-state index is 12.5. The van der Waals surface area contributed by atoms with Crippen molar-refractivity contribution in [3.63, 3.8) is 0 Å². The Labute approximate surface area is 181 Å². The zero-order valence-corrected chi connectivity index (χ0v) is 17.8. The molecule has 0 aliphatic carbocycles. The summed E-state index contributed by atoms with van der Waals surface area (Å²) in [6.07, 6.45) is 2.76. The van der Waals surface area contributed by atoms with Crippen LogP contribution in [0.3, 0.4) is 0 Å². The van der Waals surface area contributed by atoms with E-state index < -0.39 is 17.7 Å². The van der Waals surface area contributed by atoms with Gasteiger partial charge in [0.05, 0.1) is 35.6 Å². The number of aromatic nitrogens is 2. The van der Waals surface area contributed by atoms with Crippen LogP contribution in [0.5, 0.6) is 0 Å². The molecule has 3 heterocycles. The van der Waals surface area contributed by atoms with E-state index in [1.165, 1.54) is 11.1 Å². The van der Waals surface area contributed by atoms with E-state index in [0.717, 1.165) is 10.0 Å². The van der Waals surface area contributed by atoms with Gasteiger partial charge < -0.3 is 20.1 Å². The Morgan fingerprint density at radius 2 is 2.23 bits per heavy atom. The summed E-state index contributed by atoms with van der Waals surface area (Å²) in [7, 11) is 0. The highest BCUT2D eigenvalue weighted by Gasteiger charge is 2.44. The van der Waals surface area contributed by atoms with Crippen molar-refractivity contribution in [3.05, 3.63) is 64.4 Å². The number of hydrogen-bond acceptors (Lipinski definition) is 6. The summed E-state index contributed by atoms with van der Waals surface area (Å²) in [5.74, 6) is 0. The molecule has 2 atom stereocenters. The molecule has 30 heavy (non-hydrogen) atoms. The van der Waals surface area contributed by atoms with Crippen LogP contribution in [0.4, 0.5) is 10.5 Å². The molecule has 0 unspecified atom stereocenters. The Balaban J connectivity index is 1.51. The molecule has 2 N–H and O–H groups in total. The summed E-state index contributed by atoms with van der Waals surface area (Å²) in [5, 5.41) is 27.9. The average molecular weight is 470 g/mol. The molecule has 1 saturated heterocycles. The lowest BCUT2D eigenvalue weighted by Gasteiger charge is -2.26. The van der Waals surface area contributed by atoms with Crippen LogP contribution in [0.15, 0.2) is 53.3 Å². The van der Waals surface area contributed by atoms with Crippen molar-refractivity contribution < 1.29 is 14.6 Å². The summed E-state index contributed by atoms with van der Waals surface area (Å²) in [4.78, 5) is 14.0. The molecule has 1 aliphatic heterocycles. The fourth-order valence-corrected chi connectivity index (χ4v) is 3.98. The van der Waals surface area contributed by atoms with Crippen LogP contribution in [-0.4, -0.2) is 50.4 Å². The maximum Gasteiger partial charge on any atom is 0.410 e. The summed E-state index contributed by atoms with van der Waals surface area (Å²) >= 11 is 3.42. The number of likely N-dealkylation sites (tertiary alicyclic amines) is 1. The van der Waals surface area contributed by atoms with Gasteiger partial charge in [0.2, 0.25) is 0 Å². The Bertz CT molecular complexity index is 1120. The predicted octanol–water partition coefficient (Wildman–Crippen LogP) is 3.15. The minimum Gasteiger partial charge on any atom is -0.445 e. The molecule has 1 aromatic carbocycles. The van der Waals surface area contributed by atoms with Gasteiger partial charge in [0.1, 0.15) is 18.3 Å². The standard InChI is InChI=1S/C21H20BrN5O3/c1-21(29)13-26(20(28)30-12-14-5-3-2-4-6-14)11-18(21)25-19-15(8-23)9-24-27-10-16(22)7-17(19)27/h2-7,9-10,18,25,29H,11-13H2,1H3/t18-,21-/m1/s1. The molecule has 1 fully saturated rings. The van der Waals surface area contributed by atoms with Crippen LogP contribution >= 0.6 is 15.9 Å². The first-order valence-corrected chi connectivity index (χ1v) is 10.2. The van der Waals surface area contributed by atoms with Crippen molar-refractivity contribution >= 4 is 33.2 Å². The number of nitrogens with one attached hydrogen (secondary N) is 1. The second-order valence-electron chi connectivity index (χ2n) is 7.51. The molecule has 1 amide bonds. The molecule has 3 aromatic rings. The van der Waals surface area contributed by atoms with E-state index in [-0.39, 0.29) is 19.7 Å². The van der Waals surface area contributed by atoms with E-state index in [4.69, 9.17) is 4.74 Å². The third-order valence-electron chi connectivity index (χ3n) is 5.17. The Kier molecular flexibility index (Phi) is 5.37. The summed E-state index contributed by atoms with van der Waals surface area (Å²) in [5.41, 5.74) is 1.30. The number of β-amino-alcohol motifs (C(OH)–C–C–N with tert-alkyl or cyclic N) is 1. The molecule has 1 aliphatic rings. The first kappa shape index (κ1) is 20.2. The van der Waals surface area contributed by atoms with E-state index in [2.05, 4.69) is 32.4 Å². The highest BCUT2D eigenvalue weighted by molar-refractivity contribution is 9.10. The topological polar surface area (TPSA) is 103 Å². The van der Waals surface area contributed by atoms with E-state index in [1.807, 2.05) is 36.4 Å². The number of hydrogen-bond donors (Lipinski definition) is 2. The first-order valence-electron chi connectivity index (χ1n) is 9.39. The van der Waals surface area contributed by atoms with Gasteiger partial charge in [-0.25, -0.2) is 9.31 Å². The van der Waals surface area contributed by atoms with E-state index in [0.29, 0.717) is 16.8 Å². The van der Waals surface area contributed by atoms with Crippen molar-refractivity contribution in [2.24, 2.45) is 0 Å². The van der Waals surface area contributed by atoms with Gasteiger partial charge >= 0.3 is 6.09 Å². The monoisotopic (exact) mass is 469 g/mol. The molecule has 8 nitrogen and oxygen atoms in total. The first-order chi connectivity index (χ1) is 14.4. The van der Waals surface area contributed by atoms with Crippen LogP contribution in [0.25, 0.3) is 5.52 Å². The fraction of sp³-hybridized carbons (Fsp3) is 0.286. The smallest absolute Gasteiger partial charge is 0.410 e. The number of carbonyl (C=O) groups excluding carboxylic acids is 1. The maximum absolute atomic E-state index is 12.5. The largest absolute Gasteiger partial charge is 0.445 e. The molecule has 0 spiro atoms. The highest BCUT2D eigenvalue weighted by atomic mass is 79.9.